The van der Waals surface area contributed by atoms with Crippen LogP contribution in [0.1, 0.15) is 34.1 Å². The lowest BCUT2D eigenvalue weighted by Gasteiger charge is -2.23. The maximum Gasteiger partial charge on any atom is 0.374 e. The van der Waals surface area contributed by atoms with Crippen molar-refractivity contribution in [3.63, 3.8) is 0 Å². The molecular weight excluding hydrogens is 280 g/mol. The molecule has 0 amide bonds. The molecule has 2 aliphatic rings. The highest BCUT2D eigenvalue weighted by Crippen LogP contribution is 2.39. The highest BCUT2D eigenvalue weighted by atomic mass is 16.8. The van der Waals surface area contributed by atoms with Crippen LogP contribution in [0.5, 0.6) is 0 Å². The van der Waals surface area contributed by atoms with Crippen LogP contribution in [0.4, 0.5) is 0 Å². The molecule has 2 heterocycles. The molecular formula is C14H22O7. The van der Waals surface area contributed by atoms with E-state index >= 15 is 0 Å². The number of Topliss-reactive ketones (excluding diaryl/α,β-unsaturated/α-hetero) is 1. The zero-order valence-electron chi connectivity index (χ0n) is 13.0. The highest BCUT2D eigenvalue weighted by molar-refractivity contribution is 6.33. The van der Waals surface area contributed by atoms with E-state index in [1.165, 1.54) is 7.11 Å². The van der Waals surface area contributed by atoms with Crippen LogP contribution < -0.4 is 0 Å². The number of fused-ring (bicyclic) bond motifs is 1. The molecule has 0 unspecified atom stereocenters. The summed E-state index contributed by atoms with van der Waals surface area (Å²) in [6, 6.07) is 0. The lowest BCUT2D eigenvalue weighted by Crippen LogP contribution is -2.33. The van der Waals surface area contributed by atoms with E-state index in [1.807, 2.05) is 0 Å². The molecule has 0 aliphatic carbocycles. The predicted molar refractivity (Wildman–Crippen MR) is 70.3 cm³/mol. The molecule has 2 aliphatic heterocycles. The summed E-state index contributed by atoms with van der Waals surface area (Å²) in [5.74, 6) is -2.27. The van der Waals surface area contributed by atoms with Gasteiger partial charge < -0.3 is 23.7 Å². The van der Waals surface area contributed by atoms with Gasteiger partial charge in [-0.25, -0.2) is 4.79 Å². The van der Waals surface area contributed by atoms with Crippen LogP contribution in [-0.2, 0) is 33.3 Å². The second kappa shape index (κ2) is 6.00. The second-order valence-electron chi connectivity index (χ2n) is 5.92. The molecule has 0 N–H and O–H groups in total. The second-order valence-corrected chi connectivity index (χ2v) is 5.92. The van der Waals surface area contributed by atoms with Gasteiger partial charge in [0.25, 0.3) is 0 Å². The van der Waals surface area contributed by atoms with Gasteiger partial charge in [-0.15, -0.1) is 0 Å². The van der Waals surface area contributed by atoms with Crippen molar-refractivity contribution < 1.29 is 33.3 Å². The number of hydrogen-bond donors (Lipinski definition) is 0. The minimum absolute atomic E-state index is 0.119. The fourth-order valence-electron chi connectivity index (χ4n) is 2.54. The van der Waals surface area contributed by atoms with Crippen LogP contribution in [0.15, 0.2) is 0 Å². The Balaban J connectivity index is 2.00. The number of carbonyl (C=O) groups is 2. The Bertz CT molecular complexity index is 418. The minimum Gasteiger partial charge on any atom is -0.457 e. The van der Waals surface area contributed by atoms with Gasteiger partial charge in [0.1, 0.15) is 12.2 Å². The molecule has 0 saturated carbocycles. The van der Waals surface area contributed by atoms with Crippen molar-refractivity contribution in [2.75, 3.05) is 7.11 Å². The maximum atomic E-state index is 11.9. The fourth-order valence-corrected chi connectivity index (χ4v) is 2.54. The van der Waals surface area contributed by atoms with Crippen LogP contribution in [0.25, 0.3) is 0 Å². The monoisotopic (exact) mass is 302 g/mol. The summed E-state index contributed by atoms with van der Waals surface area (Å²) in [6.45, 7) is 6.93. The van der Waals surface area contributed by atoms with Gasteiger partial charge in [-0.2, -0.15) is 0 Å². The maximum absolute atomic E-state index is 11.9. The number of ketones is 1. The molecule has 0 radical (unpaired) electrons. The van der Waals surface area contributed by atoms with Crippen molar-refractivity contribution in [3.05, 3.63) is 0 Å². The first-order valence-electron chi connectivity index (χ1n) is 7.01. The zero-order valence-corrected chi connectivity index (χ0v) is 13.0. The summed E-state index contributed by atoms with van der Waals surface area (Å²) in [5.41, 5.74) is 0. The van der Waals surface area contributed by atoms with Gasteiger partial charge >= 0.3 is 5.97 Å². The van der Waals surface area contributed by atoms with Gasteiger partial charge in [0.15, 0.2) is 12.1 Å². The van der Waals surface area contributed by atoms with Crippen molar-refractivity contribution >= 4 is 11.8 Å². The number of esters is 1. The number of rotatable bonds is 5. The van der Waals surface area contributed by atoms with Gasteiger partial charge in [-0.1, -0.05) is 0 Å². The summed E-state index contributed by atoms with van der Waals surface area (Å²) in [5, 5.41) is 0. The summed E-state index contributed by atoms with van der Waals surface area (Å²) in [7, 11) is 1.49. The Hall–Kier alpha value is -1.02. The van der Waals surface area contributed by atoms with E-state index in [9.17, 15) is 9.59 Å². The van der Waals surface area contributed by atoms with Gasteiger partial charge in [-0.3, -0.25) is 4.79 Å². The molecule has 2 rings (SSSR count). The average Bonchev–Trinajstić information content (AvgIpc) is 2.83. The highest BCUT2D eigenvalue weighted by Gasteiger charge is 2.56. The van der Waals surface area contributed by atoms with E-state index in [0.29, 0.717) is 0 Å². The molecule has 0 bridgehead atoms. The number of ether oxygens (including phenoxy) is 5. The number of methoxy groups -OCH3 is 1. The molecule has 7 nitrogen and oxygen atoms in total. The molecule has 0 aromatic heterocycles. The normalized spacial score (nSPS) is 34.0. The minimum atomic E-state index is -0.857. The molecule has 2 saturated heterocycles. The smallest absolute Gasteiger partial charge is 0.374 e. The Labute approximate surface area is 123 Å². The van der Waals surface area contributed by atoms with E-state index in [0.717, 1.165) is 0 Å². The van der Waals surface area contributed by atoms with E-state index in [1.54, 1.807) is 27.7 Å². The molecule has 2 fully saturated rings. The van der Waals surface area contributed by atoms with Crippen molar-refractivity contribution in [1.29, 1.82) is 0 Å². The van der Waals surface area contributed by atoms with E-state index in [2.05, 4.69) is 0 Å². The third kappa shape index (κ3) is 3.60. The van der Waals surface area contributed by atoms with E-state index in [4.69, 9.17) is 23.7 Å². The molecule has 0 spiro atoms. The lowest BCUT2D eigenvalue weighted by molar-refractivity contribution is -0.227. The van der Waals surface area contributed by atoms with Gasteiger partial charge in [0, 0.05) is 13.5 Å². The Morgan fingerprint density at radius 1 is 1.19 bits per heavy atom. The van der Waals surface area contributed by atoms with Crippen molar-refractivity contribution in [1.82, 2.24) is 0 Å². The standard InChI is InChI=1S/C14H22O7/c1-7(2)18-12(16)8(15)6-9-10-11(13(17-5)19-9)21-14(3,4)20-10/h7,9-11,13H,6H2,1-5H3/t9-,10-,11-,13-/m1/s1. The van der Waals surface area contributed by atoms with Crippen LogP contribution >= 0.6 is 0 Å². The van der Waals surface area contributed by atoms with Crippen LogP contribution in [0, 0.1) is 0 Å². The molecule has 21 heavy (non-hydrogen) atoms. The quantitative estimate of drug-likeness (QED) is 0.548. The summed E-state index contributed by atoms with van der Waals surface area (Å²) < 4.78 is 27.1. The average molecular weight is 302 g/mol. The van der Waals surface area contributed by atoms with Crippen LogP contribution in [0.3, 0.4) is 0 Å². The summed E-state index contributed by atoms with van der Waals surface area (Å²) in [4.78, 5) is 23.5. The number of hydrogen-bond acceptors (Lipinski definition) is 7. The fraction of sp³-hybridized carbons (Fsp3) is 0.857. The topological polar surface area (TPSA) is 80.3 Å². The predicted octanol–water partition coefficient (Wildman–Crippen LogP) is 0.789. The Kier molecular flexibility index (Phi) is 4.67. The third-order valence-electron chi connectivity index (χ3n) is 3.30. The lowest BCUT2D eigenvalue weighted by atomic mass is 10.1. The Morgan fingerprint density at radius 3 is 2.38 bits per heavy atom. The van der Waals surface area contributed by atoms with E-state index in [-0.39, 0.29) is 12.5 Å². The molecule has 0 aromatic rings. The van der Waals surface area contributed by atoms with E-state index < -0.39 is 42.1 Å². The van der Waals surface area contributed by atoms with Crippen LogP contribution in [-0.4, -0.2) is 55.4 Å². The van der Waals surface area contributed by atoms with Crippen molar-refractivity contribution in [3.8, 4) is 0 Å². The van der Waals surface area contributed by atoms with Gasteiger partial charge in [0.05, 0.1) is 12.2 Å². The molecule has 4 atom stereocenters. The first-order valence-corrected chi connectivity index (χ1v) is 7.01. The van der Waals surface area contributed by atoms with Crippen LogP contribution in [0.2, 0.25) is 0 Å². The first kappa shape index (κ1) is 16.4. The summed E-state index contributed by atoms with van der Waals surface area (Å²) in [6.07, 6.45) is -2.52. The molecule has 0 aromatic carbocycles. The van der Waals surface area contributed by atoms with Crippen molar-refractivity contribution in [2.24, 2.45) is 0 Å². The van der Waals surface area contributed by atoms with Gasteiger partial charge in [0.2, 0.25) is 5.78 Å². The summed E-state index contributed by atoms with van der Waals surface area (Å²) >= 11 is 0. The first-order chi connectivity index (χ1) is 9.73. The molecule has 120 valence electrons. The third-order valence-corrected chi connectivity index (χ3v) is 3.30. The zero-order chi connectivity index (χ0) is 15.8. The van der Waals surface area contributed by atoms with Gasteiger partial charge in [-0.05, 0) is 27.7 Å². The molecule has 7 heteroatoms. The van der Waals surface area contributed by atoms with Crippen molar-refractivity contribution in [2.45, 2.75) is 70.6 Å². The number of carbonyl (C=O) groups excluding carboxylic acids is 2. The SMILES string of the molecule is CO[C@@H]1O[C@H](CC(=O)C(=O)OC(C)C)[C@H]2OC(C)(C)O[C@@H]12. The Morgan fingerprint density at radius 2 is 1.81 bits per heavy atom. The largest absolute Gasteiger partial charge is 0.457 e.